The molecule has 6 heteroatoms. The Bertz CT molecular complexity index is 510. The van der Waals surface area contributed by atoms with Crippen LogP contribution in [0.15, 0.2) is 29.3 Å². The van der Waals surface area contributed by atoms with E-state index in [2.05, 4.69) is 67.4 Å². The molecule has 1 aliphatic heterocycles. The molecule has 0 unspecified atom stereocenters. The highest BCUT2D eigenvalue weighted by atomic mass is 127. The Balaban J connectivity index is 0.00000312. The summed E-state index contributed by atoms with van der Waals surface area (Å²) in [6.45, 7) is 10.7. The van der Waals surface area contributed by atoms with Gasteiger partial charge in [-0.1, -0.05) is 36.8 Å². The van der Waals surface area contributed by atoms with Crippen LogP contribution in [-0.2, 0) is 11.3 Å². The van der Waals surface area contributed by atoms with Gasteiger partial charge < -0.3 is 15.4 Å². The Labute approximate surface area is 174 Å². The summed E-state index contributed by atoms with van der Waals surface area (Å²) in [4.78, 5) is 4.74. The van der Waals surface area contributed by atoms with Gasteiger partial charge >= 0.3 is 0 Å². The van der Waals surface area contributed by atoms with Crippen molar-refractivity contribution in [2.75, 3.05) is 32.1 Å². The second kappa shape index (κ2) is 12.0. The first kappa shape index (κ1) is 22.6. The van der Waals surface area contributed by atoms with E-state index in [1.54, 1.807) is 0 Å². The SMILES string of the molecule is CCNC(=NCc1ccc(C)cc1)NCC1(SCC)CCOCC1.I. The van der Waals surface area contributed by atoms with Crippen LogP contribution in [0.4, 0.5) is 0 Å². The summed E-state index contributed by atoms with van der Waals surface area (Å²) in [5.74, 6) is 2.04. The molecule has 1 aromatic rings. The van der Waals surface area contributed by atoms with E-state index in [9.17, 15) is 0 Å². The van der Waals surface area contributed by atoms with Crippen LogP contribution in [0.3, 0.4) is 0 Å². The Morgan fingerprint density at radius 1 is 1.16 bits per heavy atom. The molecule has 142 valence electrons. The first-order valence-electron chi connectivity index (χ1n) is 8.97. The molecule has 0 saturated carbocycles. The predicted molar refractivity (Wildman–Crippen MR) is 120 cm³/mol. The number of aryl methyl sites for hydroxylation is 1. The quantitative estimate of drug-likeness (QED) is 0.355. The third-order valence-corrected chi connectivity index (χ3v) is 5.77. The number of rotatable bonds is 7. The molecule has 0 bridgehead atoms. The Morgan fingerprint density at radius 2 is 1.84 bits per heavy atom. The lowest BCUT2D eigenvalue weighted by Crippen LogP contribution is -2.48. The maximum absolute atomic E-state index is 5.55. The number of thioether (sulfide) groups is 1. The van der Waals surface area contributed by atoms with Crippen LogP contribution < -0.4 is 10.6 Å². The van der Waals surface area contributed by atoms with Crippen LogP contribution in [-0.4, -0.2) is 42.8 Å². The molecule has 0 atom stereocenters. The third-order valence-electron chi connectivity index (χ3n) is 4.32. The van der Waals surface area contributed by atoms with Crippen molar-refractivity contribution in [1.29, 1.82) is 0 Å². The van der Waals surface area contributed by atoms with Gasteiger partial charge in [0.1, 0.15) is 0 Å². The number of ether oxygens (including phenoxy) is 1. The van der Waals surface area contributed by atoms with E-state index in [1.807, 2.05) is 0 Å². The molecule has 1 fully saturated rings. The fourth-order valence-corrected chi connectivity index (χ4v) is 4.11. The number of guanidine groups is 1. The average molecular weight is 477 g/mol. The summed E-state index contributed by atoms with van der Waals surface area (Å²) in [5.41, 5.74) is 2.52. The molecule has 1 aromatic carbocycles. The molecule has 0 spiro atoms. The zero-order valence-electron chi connectivity index (χ0n) is 15.6. The fraction of sp³-hybridized carbons (Fsp3) is 0.632. The van der Waals surface area contributed by atoms with E-state index in [0.29, 0.717) is 6.54 Å². The number of nitrogens with one attached hydrogen (secondary N) is 2. The molecular weight excluding hydrogens is 445 g/mol. The summed E-state index contributed by atoms with van der Waals surface area (Å²) in [6.07, 6.45) is 2.21. The lowest BCUT2D eigenvalue weighted by atomic mass is 9.99. The van der Waals surface area contributed by atoms with Gasteiger partial charge in [0.2, 0.25) is 0 Å². The summed E-state index contributed by atoms with van der Waals surface area (Å²) >= 11 is 2.05. The van der Waals surface area contributed by atoms with Gasteiger partial charge in [-0.3, -0.25) is 0 Å². The molecule has 0 radical (unpaired) electrons. The smallest absolute Gasteiger partial charge is 0.191 e. The van der Waals surface area contributed by atoms with Gasteiger partial charge in [-0.2, -0.15) is 11.8 Å². The van der Waals surface area contributed by atoms with Gasteiger partial charge in [-0.25, -0.2) is 4.99 Å². The van der Waals surface area contributed by atoms with Crippen molar-refractivity contribution in [1.82, 2.24) is 10.6 Å². The summed E-state index contributed by atoms with van der Waals surface area (Å²) in [5, 5.41) is 6.92. The molecule has 25 heavy (non-hydrogen) atoms. The molecule has 0 aliphatic carbocycles. The Morgan fingerprint density at radius 3 is 2.44 bits per heavy atom. The van der Waals surface area contributed by atoms with Gasteiger partial charge in [0.15, 0.2) is 5.96 Å². The fourth-order valence-electron chi connectivity index (χ4n) is 2.87. The van der Waals surface area contributed by atoms with Gasteiger partial charge in [0, 0.05) is 31.1 Å². The second-order valence-electron chi connectivity index (χ2n) is 6.26. The Kier molecular flexibility index (Phi) is 10.8. The molecule has 1 heterocycles. The van der Waals surface area contributed by atoms with E-state index in [0.717, 1.165) is 50.9 Å². The summed E-state index contributed by atoms with van der Waals surface area (Å²) in [6, 6.07) is 8.57. The summed E-state index contributed by atoms with van der Waals surface area (Å²) in [7, 11) is 0. The van der Waals surface area contributed by atoms with Crippen LogP contribution in [0.5, 0.6) is 0 Å². The number of hydrogen-bond donors (Lipinski definition) is 2. The zero-order chi connectivity index (χ0) is 17.3. The van der Waals surface area contributed by atoms with Crippen molar-refractivity contribution >= 4 is 41.7 Å². The van der Waals surface area contributed by atoms with Crippen molar-refractivity contribution < 1.29 is 4.74 Å². The lowest BCUT2D eigenvalue weighted by molar-refractivity contribution is 0.0782. The minimum atomic E-state index is 0. The molecule has 0 aromatic heterocycles. The Hall–Kier alpha value is -0.470. The average Bonchev–Trinajstić information content (AvgIpc) is 2.60. The molecule has 4 nitrogen and oxygen atoms in total. The van der Waals surface area contributed by atoms with Gasteiger partial charge in [-0.05, 0) is 38.0 Å². The molecule has 0 amide bonds. The lowest BCUT2D eigenvalue weighted by Gasteiger charge is -2.37. The van der Waals surface area contributed by atoms with E-state index in [-0.39, 0.29) is 28.7 Å². The largest absolute Gasteiger partial charge is 0.381 e. The minimum Gasteiger partial charge on any atom is -0.381 e. The summed E-state index contributed by atoms with van der Waals surface area (Å²) < 4.78 is 5.82. The highest BCUT2D eigenvalue weighted by Gasteiger charge is 2.32. The normalized spacial score (nSPS) is 16.8. The van der Waals surface area contributed by atoms with Crippen LogP contribution in [0.1, 0.15) is 37.8 Å². The van der Waals surface area contributed by atoms with Crippen molar-refractivity contribution in [3.8, 4) is 0 Å². The van der Waals surface area contributed by atoms with Crippen LogP contribution in [0.2, 0.25) is 0 Å². The molecule has 1 saturated heterocycles. The number of nitrogens with zero attached hydrogens (tertiary/aromatic N) is 1. The molecule has 2 rings (SSSR count). The van der Waals surface area contributed by atoms with Crippen molar-refractivity contribution in [3.63, 3.8) is 0 Å². The molecular formula is C19H32IN3OS. The van der Waals surface area contributed by atoms with Crippen molar-refractivity contribution in [2.24, 2.45) is 4.99 Å². The minimum absolute atomic E-state index is 0. The predicted octanol–water partition coefficient (Wildman–Crippen LogP) is 3.97. The van der Waals surface area contributed by atoms with E-state index < -0.39 is 0 Å². The van der Waals surface area contributed by atoms with Crippen LogP contribution >= 0.6 is 35.7 Å². The third kappa shape index (κ3) is 7.74. The second-order valence-corrected chi connectivity index (χ2v) is 7.99. The monoisotopic (exact) mass is 477 g/mol. The first-order valence-corrected chi connectivity index (χ1v) is 9.95. The number of halogens is 1. The van der Waals surface area contributed by atoms with Crippen LogP contribution in [0.25, 0.3) is 0 Å². The first-order chi connectivity index (χ1) is 11.7. The van der Waals surface area contributed by atoms with Crippen molar-refractivity contribution in [2.45, 2.75) is 44.9 Å². The number of hydrogen-bond acceptors (Lipinski definition) is 3. The van der Waals surface area contributed by atoms with Crippen molar-refractivity contribution in [3.05, 3.63) is 35.4 Å². The van der Waals surface area contributed by atoms with Gasteiger partial charge in [0.05, 0.1) is 6.54 Å². The standard InChI is InChI=1S/C19H31N3OS.HI/c1-4-20-18(21-14-17-8-6-16(3)7-9-17)22-15-19(24-5-2)10-12-23-13-11-19;/h6-9H,4-5,10-15H2,1-3H3,(H2,20,21,22);1H. The highest BCUT2D eigenvalue weighted by Crippen LogP contribution is 2.34. The van der Waals surface area contributed by atoms with Crippen LogP contribution in [0, 0.1) is 6.92 Å². The van der Waals surface area contributed by atoms with Gasteiger partial charge in [0.25, 0.3) is 0 Å². The molecule has 1 aliphatic rings. The van der Waals surface area contributed by atoms with E-state index in [4.69, 9.17) is 9.73 Å². The highest BCUT2D eigenvalue weighted by molar-refractivity contribution is 14.0. The number of aliphatic imine (C=N–C) groups is 1. The zero-order valence-corrected chi connectivity index (χ0v) is 18.8. The maximum atomic E-state index is 5.55. The maximum Gasteiger partial charge on any atom is 0.191 e. The number of benzene rings is 1. The molecule has 2 N–H and O–H groups in total. The van der Waals surface area contributed by atoms with E-state index >= 15 is 0 Å². The van der Waals surface area contributed by atoms with E-state index in [1.165, 1.54) is 11.1 Å². The topological polar surface area (TPSA) is 45.7 Å². The van der Waals surface area contributed by atoms with Gasteiger partial charge in [-0.15, -0.1) is 24.0 Å².